The van der Waals surface area contributed by atoms with E-state index in [4.69, 9.17) is 24.3 Å². The first-order valence-corrected chi connectivity index (χ1v) is 23.3. The lowest BCUT2D eigenvalue weighted by Crippen LogP contribution is -2.46. The number of nitrogens with two attached hydrogens (primary N) is 1. The number of hydrogen-bond acceptors (Lipinski definition) is 20. The minimum atomic E-state index is -5.59. The molecule has 3 heterocycles. The van der Waals surface area contributed by atoms with E-state index >= 15 is 0 Å². The lowest BCUT2D eigenvalue weighted by molar-refractivity contribution is -0.137. The number of aromatic hydroxyl groups is 1. The lowest BCUT2D eigenvalue weighted by Gasteiger charge is -2.30. The number of aryl methyl sites for hydroxylation is 1. The minimum Gasteiger partial charge on any atom is -0.504 e. The van der Waals surface area contributed by atoms with Gasteiger partial charge in [-0.3, -0.25) is 32.5 Å². The Morgan fingerprint density at radius 2 is 1.74 bits per heavy atom. The number of phenolic OH excluding ortho intramolecular Hbond substituents is 1. The first-order valence-electron chi connectivity index (χ1n) is 17.8. The number of methoxy groups -OCH3 is 1. The van der Waals surface area contributed by atoms with Gasteiger partial charge in [0.2, 0.25) is 11.8 Å². The fraction of sp³-hybridized carbons (Fsp3) is 0.548. The molecule has 0 saturated carbocycles. The van der Waals surface area contributed by atoms with Gasteiger partial charge in [-0.1, -0.05) is 31.7 Å². The summed E-state index contributed by atoms with van der Waals surface area (Å²) in [5.41, 5.74) is 5.03. The summed E-state index contributed by atoms with van der Waals surface area (Å²) in [6, 6.07) is 4.78. The van der Waals surface area contributed by atoms with Crippen molar-refractivity contribution in [2.45, 2.75) is 63.8 Å². The van der Waals surface area contributed by atoms with Crippen molar-refractivity contribution >= 4 is 69.1 Å². The molecule has 61 heavy (non-hydrogen) atoms. The molecule has 1 aliphatic heterocycles. The van der Waals surface area contributed by atoms with Crippen LogP contribution < -0.4 is 21.1 Å². The van der Waals surface area contributed by atoms with Crippen LogP contribution in [-0.2, 0) is 57.1 Å². The molecule has 2 aromatic heterocycles. The smallest absolute Gasteiger partial charge is 0.481 e. The number of phenols is 1. The van der Waals surface area contributed by atoms with Gasteiger partial charge in [0.1, 0.15) is 36.3 Å². The van der Waals surface area contributed by atoms with Crippen molar-refractivity contribution in [3.63, 3.8) is 0 Å². The third-order valence-electron chi connectivity index (χ3n) is 8.63. The van der Waals surface area contributed by atoms with E-state index in [9.17, 15) is 63.0 Å². The van der Waals surface area contributed by atoms with Crippen molar-refractivity contribution in [2.75, 3.05) is 44.9 Å². The van der Waals surface area contributed by atoms with Crippen LogP contribution in [0, 0.1) is 5.41 Å². The van der Waals surface area contributed by atoms with Crippen LogP contribution in [0.4, 0.5) is 5.82 Å². The standard InChI is InChI=1S/C31H46N7O19P3S/c1-31(2,26(43)29(44)34-9-8-21(40)33-10-11-61-22(41)7-5-17-4-6-18(39)19(12-17)52-3)14-54-60(50,51)57-59(48,49)53-13-20-25(56-58(45,46)47)24(42)30(55-20)38-16-37-23-27(32)35-15-36-28(23)38/h4,6,12,15-16,20,24-26,30,39,42-43H,5,7-11,13-14H2,1-3H3,(H,33,40)(H,34,44)(H,48,49)(H,50,51)(H2,32,35,36)(H2,45,46,47)/t20-,24-,25-,26?,30-/m1/s1. The minimum absolute atomic E-state index is 0.0150. The van der Waals surface area contributed by atoms with E-state index in [1.54, 1.807) is 12.1 Å². The molecule has 0 radical (unpaired) electrons. The zero-order valence-corrected chi connectivity index (χ0v) is 36.1. The van der Waals surface area contributed by atoms with Crippen LogP contribution in [0.5, 0.6) is 11.5 Å². The normalized spacial score (nSPS) is 20.7. The number of thioether (sulfide) groups is 1. The summed E-state index contributed by atoms with van der Waals surface area (Å²) in [5.74, 6) is -0.952. The Bertz CT molecular complexity index is 2180. The highest BCUT2D eigenvalue weighted by atomic mass is 32.2. The number of aliphatic hydroxyl groups excluding tert-OH is 2. The number of carbonyl (C=O) groups is 3. The SMILES string of the molecule is COc1cc(CCC(=O)SCCNC(=O)CCNC(=O)C(O)C(C)(C)COP(=O)(O)OP(=O)(O)OC[C@H]2O[C@@H](n3cnc4c(N)ncnc43)[C@H](O)[C@@H]2OP(=O)(O)O)ccc1O. The quantitative estimate of drug-likeness (QED) is 0.0442. The molecule has 3 unspecified atom stereocenters. The topological polar surface area (TPSA) is 393 Å². The predicted molar refractivity (Wildman–Crippen MR) is 210 cm³/mol. The second-order valence-corrected chi connectivity index (χ2v) is 19.2. The number of anilines is 1. The number of nitrogens with zero attached hydrogens (tertiary/aromatic N) is 4. The molecule has 340 valence electrons. The number of carbonyl (C=O) groups excluding carboxylic acids is 3. The number of aliphatic hydroxyl groups is 2. The average Bonchev–Trinajstić information content (AvgIpc) is 3.74. The monoisotopic (exact) mass is 945 g/mol. The molecule has 26 nitrogen and oxygen atoms in total. The summed E-state index contributed by atoms with van der Waals surface area (Å²) in [6.07, 6.45) is -6.38. The second-order valence-electron chi connectivity index (χ2n) is 13.8. The summed E-state index contributed by atoms with van der Waals surface area (Å²) in [5, 5.41) is 36.0. The molecule has 11 N–H and O–H groups in total. The molecule has 4 rings (SSSR count). The van der Waals surface area contributed by atoms with Crippen LogP contribution in [0.1, 0.15) is 38.5 Å². The van der Waals surface area contributed by atoms with Gasteiger partial charge in [0.25, 0.3) is 0 Å². The van der Waals surface area contributed by atoms with E-state index in [0.717, 1.165) is 34.5 Å². The third-order valence-corrected chi connectivity index (χ3v) is 12.7. The molecule has 1 aliphatic rings. The number of hydrogen-bond donors (Lipinski definition) is 10. The molecule has 1 saturated heterocycles. The highest BCUT2D eigenvalue weighted by Crippen LogP contribution is 2.61. The molecule has 0 spiro atoms. The molecule has 1 fully saturated rings. The molecular weight excluding hydrogens is 899 g/mol. The Hall–Kier alpha value is -3.62. The van der Waals surface area contributed by atoms with E-state index in [-0.39, 0.29) is 59.5 Å². The van der Waals surface area contributed by atoms with Crippen LogP contribution in [0.3, 0.4) is 0 Å². The molecule has 7 atom stereocenters. The van der Waals surface area contributed by atoms with Gasteiger partial charge in [-0.05, 0) is 24.1 Å². The molecule has 30 heteroatoms. The summed E-state index contributed by atoms with van der Waals surface area (Å²) in [6.45, 7) is 0.361. The first kappa shape index (κ1) is 50.0. The number of aromatic nitrogens is 4. The van der Waals surface area contributed by atoms with Crippen LogP contribution in [-0.4, -0.2) is 135 Å². The molecule has 0 bridgehead atoms. The van der Waals surface area contributed by atoms with Crippen molar-refractivity contribution in [3.05, 3.63) is 36.4 Å². The number of rotatable bonds is 23. The summed E-state index contributed by atoms with van der Waals surface area (Å²) >= 11 is 1.02. The summed E-state index contributed by atoms with van der Waals surface area (Å²) < 4.78 is 67.3. The number of imidazole rings is 1. The molecule has 3 aromatic rings. The number of ether oxygens (including phenoxy) is 2. The van der Waals surface area contributed by atoms with Crippen LogP contribution in [0.2, 0.25) is 0 Å². The highest BCUT2D eigenvalue weighted by molar-refractivity contribution is 8.13. The largest absolute Gasteiger partial charge is 0.504 e. The van der Waals surface area contributed by atoms with E-state index in [1.807, 2.05) is 0 Å². The molecule has 2 amide bonds. The Morgan fingerprint density at radius 3 is 2.43 bits per heavy atom. The first-order chi connectivity index (χ1) is 28.4. The Kier molecular flexibility index (Phi) is 17.4. The summed E-state index contributed by atoms with van der Waals surface area (Å²) in [4.78, 5) is 88.1. The highest BCUT2D eigenvalue weighted by Gasteiger charge is 2.50. The van der Waals surface area contributed by atoms with Gasteiger partial charge in [-0.15, -0.1) is 0 Å². The third kappa shape index (κ3) is 14.7. The van der Waals surface area contributed by atoms with Crippen LogP contribution >= 0.6 is 35.2 Å². The van der Waals surface area contributed by atoms with Gasteiger partial charge < -0.3 is 60.7 Å². The molecular formula is C31H46N7O19P3S. The molecule has 1 aromatic carbocycles. The maximum Gasteiger partial charge on any atom is 0.481 e. The number of benzene rings is 1. The van der Waals surface area contributed by atoms with Gasteiger partial charge in [0.15, 0.2) is 34.3 Å². The van der Waals surface area contributed by atoms with Gasteiger partial charge >= 0.3 is 23.5 Å². The van der Waals surface area contributed by atoms with Crippen molar-refractivity contribution < 1.29 is 90.3 Å². The number of nitrogens with one attached hydrogen (secondary N) is 2. The van der Waals surface area contributed by atoms with E-state index in [2.05, 4.69) is 34.4 Å². The lowest BCUT2D eigenvalue weighted by atomic mass is 9.87. The summed E-state index contributed by atoms with van der Waals surface area (Å²) in [7, 11) is -15.0. The van der Waals surface area contributed by atoms with Crippen molar-refractivity contribution in [2.24, 2.45) is 5.41 Å². The number of phosphoric acid groups is 3. The van der Waals surface area contributed by atoms with Crippen LogP contribution in [0.25, 0.3) is 11.2 Å². The van der Waals surface area contributed by atoms with E-state index in [1.165, 1.54) is 27.0 Å². The maximum atomic E-state index is 12.7. The van der Waals surface area contributed by atoms with Crippen molar-refractivity contribution in [1.29, 1.82) is 0 Å². The molecule has 0 aliphatic carbocycles. The fourth-order valence-corrected chi connectivity index (χ4v) is 9.00. The number of nitrogen functional groups attached to an aromatic ring is 1. The number of phosphoric ester groups is 3. The Balaban J connectivity index is 1.18. The number of fused-ring (bicyclic) bond motifs is 1. The zero-order chi connectivity index (χ0) is 45.3. The van der Waals surface area contributed by atoms with Crippen molar-refractivity contribution in [1.82, 2.24) is 30.2 Å². The fourth-order valence-electron chi connectivity index (χ4n) is 5.49. The predicted octanol–water partition coefficient (Wildman–Crippen LogP) is 0.0117. The van der Waals surface area contributed by atoms with Crippen LogP contribution in [0.15, 0.2) is 30.9 Å². The van der Waals surface area contributed by atoms with E-state index < -0.39 is 84.6 Å². The average molecular weight is 946 g/mol. The zero-order valence-electron chi connectivity index (χ0n) is 32.6. The second kappa shape index (κ2) is 21.2. The van der Waals surface area contributed by atoms with Gasteiger partial charge in [0.05, 0.1) is 26.7 Å². The number of amides is 2. The van der Waals surface area contributed by atoms with Gasteiger partial charge in [0, 0.05) is 37.1 Å². The van der Waals surface area contributed by atoms with Gasteiger partial charge in [-0.25, -0.2) is 28.6 Å². The van der Waals surface area contributed by atoms with E-state index in [0.29, 0.717) is 12.2 Å². The van der Waals surface area contributed by atoms with Gasteiger partial charge in [-0.2, -0.15) is 4.31 Å². The maximum absolute atomic E-state index is 12.7. The van der Waals surface area contributed by atoms with Crippen molar-refractivity contribution in [3.8, 4) is 11.5 Å². The Morgan fingerprint density at radius 1 is 1.03 bits per heavy atom. The Labute approximate surface area is 350 Å².